The summed E-state index contributed by atoms with van der Waals surface area (Å²) in [4.78, 5) is 11.2. The molecule has 0 N–H and O–H groups in total. The lowest BCUT2D eigenvalue weighted by Gasteiger charge is -2.07. The molecule has 0 spiro atoms. The zero-order valence-electron chi connectivity index (χ0n) is 9.56. The third-order valence-corrected chi connectivity index (χ3v) is 1.96. The third-order valence-electron chi connectivity index (χ3n) is 1.96. The Labute approximate surface area is 95.1 Å². The van der Waals surface area contributed by atoms with E-state index < -0.39 is 0 Å². The fraction of sp³-hybridized carbons (Fsp3) is 0.417. The minimum Gasteiger partial charge on any atom is -0.491 e. The van der Waals surface area contributed by atoms with E-state index in [9.17, 15) is 4.79 Å². The normalized spacial score (nSPS) is 9.88. The van der Waals surface area contributed by atoms with E-state index in [1.165, 1.54) is 7.11 Å². The van der Waals surface area contributed by atoms with Gasteiger partial charge in [-0.2, -0.15) is 0 Å². The zero-order valence-corrected chi connectivity index (χ0v) is 9.56. The molecule has 0 amide bonds. The molecule has 0 fully saturated rings. The lowest BCUT2D eigenvalue weighted by Crippen LogP contribution is -2.07. The summed E-state index contributed by atoms with van der Waals surface area (Å²) >= 11 is 0. The van der Waals surface area contributed by atoms with Crippen LogP contribution >= 0.6 is 0 Å². The molecule has 0 aromatic heterocycles. The highest BCUT2D eigenvalue weighted by Gasteiger charge is 2.05. The molecule has 1 aromatic carbocycles. The van der Waals surface area contributed by atoms with Gasteiger partial charge in [-0.05, 0) is 25.1 Å². The molecule has 0 bridgehead atoms. The van der Waals surface area contributed by atoms with E-state index in [1.807, 2.05) is 6.92 Å². The number of carbonyl (C=O) groups excluding carboxylic acids is 1. The van der Waals surface area contributed by atoms with E-state index >= 15 is 0 Å². The number of carbonyl (C=O) groups is 1. The number of rotatable bonds is 6. The smallest absolute Gasteiger partial charge is 0.337 e. The summed E-state index contributed by atoms with van der Waals surface area (Å²) in [5.74, 6) is 0.276. The van der Waals surface area contributed by atoms with Gasteiger partial charge in [-0.3, -0.25) is 0 Å². The number of ether oxygens (including phenoxy) is 3. The topological polar surface area (TPSA) is 44.8 Å². The summed E-state index contributed by atoms with van der Waals surface area (Å²) in [7, 11) is 1.35. The van der Waals surface area contributed by atoms with Crippen molar-refractivity contribution in [2.45, 2.75) is 6.92 Å². The van der Waals surface area contributed by atoms with Gasteiger partial charge in [0.2, 0.25) is 0 Å². The number of hydrogen-bond acceptors (Lipinski definition) is 4. The van der Waals surface area contributed by atoms with Crippen LogP contribution < -0.4 is 4.74 Å². The van der Waals surface area contributed by atoms with Crippen molar-refractivity contribution < 1.29 is 19.0 Å². The van der Waals surface area contributed by atoms with Crippen LogP contribution in [-0.2, 0) is 9.47 Å². The van der Waals surface area contributed by atoms with Crippen molar-refractivity contribution in [1.29, 1.82) is 0 Å². The van der Waals surface area contributed by atoms with E-state index in [4.69, 9.17) is 9.47 Å². The lowest BCUT2D eigenvalue weighted by atomic mass is 10.2. The number of esters is 1. The van der Waals surface area contributed by atoms with Crippen LogP contribution in [0.15, 0.2) is 24.3 Å². The highest BCUT2D eigenvalue weighted by molar-refractivity contribution is 5.89. The molecule has 0 aliphatic heterocycles. The first kappa shape index (κ1) is 12.5. The molecule has 1 aromatic rings. The molecule has 0 atom stereocenters. The molecule has 0 aliphatic rings. The van der Waals surface area contributed by atoms with Gasteiger partial charge in [-0.1, -0.05) is 6.07 Å². The van der Waals surface area contributed by atoms with Crippen molar-refractivity contribution in [2.75, 3.05) is 26.9 Å². The predicted octanol–water partition coefficient (Wildman–Crippen LogP) is 1.89. The van der Waals surface area contributed by atoms with Crippen molar-refractivity contribution in [2.24, 2.45) is 0 Å². The summed E-state index contributed by atoms with van der Waals surface area (Å²) in [5.41, 5.74) is 0.483. The van der Waals surface area contributed by atoms with Crippen LogP contribution in [0, 0.1) is 0 Å². The number of methoxy groups -OCH3 is 1. The molecule has 0 saturated heterocycles. The van der Waals surface area contributed by atoms with E-state index in [1.54, 1.807) is 24.3 Å². The average Bonchev–Trinajstić information content (AvgIpc) is 2.34. The third kappa shape index (κ3) is 3.90. The molecule has 0 saturated carbocycles. The van der Waals surface area contributed by atoms with Crippen molar-refractivity contribution in [1.82, 2.24) is 0 Å². The Hall–Kier alpha value is -1.55. The average molecular weight is 224 g/mol. The fourth-order valence-electron chi connectivity index (χ4n) is 1.19. The Kier molecular flexibility index (Phi) is 5.36. The van der Waals surface area contributed by atoms with Gasteiger partial charge < -0.3 is 14.2 Å². The quantitative estimate of drug-likeness (QED) is 0.546. The number of hydrogen-bond donors (Lipinski definition) is 0. The summed E-state index contributed by atoms with van der Waals surface area (Å²) in [6.45, 7) is 3.61. The molecular formula is C12H16O4. The van der Waals surface area contributed by atoms with Crippen molar-refractivity contribution >= 4 is 5.97 Å². The Morgan fingerprint density at radius 2 is 2.12 bits per heavy atom. The second-order valence-electron chi connectivity index (χ2n) is 3.06. The second kappa shape index (κ2) is 6.85. The van der Waals surface area contributed by atoms with Crippen LogP contribution in [0.5, 0.6) is 5.75 Å². The van der Waals surface area contributed by atoms with Crippen LogP contribution in [0.4, 0.5) is 0 Å². The van der Waals surface area contributed by atoms with E-state index in [2.05, 4.69) is 4.74 Å². The van der Waals surface area contributed by atoms with Gasteiger partial charge in [0.15, 0.2) is 0 Å². The molecule has 88 valence electrons. The maximum absolute atomic E-state index is 11.2. The van der Waals surface area contributed by atoms with E-state index in [-0.39, 0.29) is 5.97 Å². The zero-order chi connectivity index (χ0) is 11.8. The summed E-state index contributed by atoms with van der Waals surface area (Å²) in [6, 6.07) is 6.87. The summed E-state index contributed by atoms with van der Waals surface area (Å²) < 4.78 is 15.2. The highest BCUT2D eigenvalue weighted by atomic mass is 16.5. The fourth-order valence-corrected chi connectivity index (χ4v) is 1.19. The van der Waals surface area contributed by atoms with Gasteiger partial charge in [-0.25, -0.2) is 4.79 Å². The molecule has 0 radical (unpaired) electrons. The molecule has 4 heteroatoms. The largest absolute Gasteiger partial charge is 0.491 e. The Bertz CT molecular complexity index is 336. The van der Waals surface area contributed by atoms with Gasteiger partial charge >= 0.3 is 5.97 Å². The first-order valence-corrected chi connectivity index (χ1v) is 5.17. The van der Waals surface area contributed by atoms with Gasteiger partial charge in [0.05, 0.1) is 19.3 Å². The maximum Gasteiger partial charge on any atom is 0.337 e. The Morgan fingerprint density at radius 3 is 2.81 bits per heavy atom. The van der Waals surface area contributed by atoms with Crippen LogP contribution in [0.3, 0.4) is 0 Å². The Morgan fingerprint density at radius 1 is 1.31 bits per heavy atom. The predicted molar refractivity (Wildman–Crippen MR) is 59.8 cm³/mol. The lowest BCUT2D eigenvalue weighted by molar-refractivity contribution is 0.0600. The minimum atomic E-state index is -0.366. The van der Waals surface area contributed by atoms with Crippen molar-refractivity contribution in [3.05, 3.63) is 29.8 Å². The molecule has 0 heterocycles. The van der Waals surface area contributed by atoms with E-state index in [0.717, 1.165) is 0 Å². The van der Waals surface area contributed by atoms with Crippen molar-refractivity contribution in [3.8, 4) is 5.75 Å². The first-order chi connectivity index (χ1) is 7.77. The minimum absolute atomic E-state index is 0.366. The second-order valence-corrected chi connectivity index (χ2v) is 3.06. The van der Waals surface area contributed by atoms with Gasteiger partial charge in [0, 0.05) is 6.61 Å². The maximum atomic E-state index is 11.2. The highest BCUT2D eigenvalue weighted by Crippen LogP contribution is 2.13. The van der Waals surface area contributed by atoms with Gasteiger partial charge in [0.1, 0.15) is 12.4 Å². The van der Waals surface area contributed by atoms with Crippen LogP contribution in [0.2, 0.25) is 0 Å². The standard InChI is InChI=1S/C12H16O4/c1-3-15-7-8-16-11-6-4-5-10(9-11)12(13)14-2/h4-6,9H,3,7-8H2,1-2H3. The van der Waals surface area contributed by atoms with Crippen LogP contribution in [0.25, 0.3) is 0 Å². The number of benzene rings is 1. The molecule has 0 unspecified atom stereocenters. The summed E-state index contributed by atoms with van der Waals surface area (Å²) in [5, 5.41) is 0. The van der Waals surface area contributed by atoms with Crippen LogP contribution in [0.1, 0.15) is 17.3 Å². The summed E-state index contributed by atoms with van der Waals surface area (Å²) in [6.07, 6.45) is 0. The van der Waals surface area contributed by atoms with Gasteiger partial charge in [-0.15, -0.1) is 0 Å². The molecule has 4 nitrogen and oxygen atoms in total. The van der Waals surface area contributed by atoms with Crippen molar-refractivity contribution in [3.63, 3.8) is 0 Å². The molecular weight excluding hydrogens is 208 g/mol. The monoisotopic (exact) mass is 224 g/mol. The van der Waals surface area contributed by atoms with E-state index in [0.29, 0.717) is 31.1 Å². The molecule has 0 aliphatic carbocycles. The van der Waals surface area contributed by atoms with Crippen LogP contribution in [-0.4, -0.2) is 32.9 Å². The Balaban J connectivity index is 2.50. The van der Waals surface area contributed by atoms with Gasteiger partial charge in [0.25, 0.3) is 0 Å². The SMILES string of the molecule is CCOCCOc1cccc(C(=O)OC)c1. The molecule has 1 rings (SSSR count). The first-order valence-electron chi connectivity index (χ1n) is 5.17. The molecule has 16 heavy (non-hydrogen) atoms.